The standard InChI is InChI=1S/C11H15ClN2O/c1-15-14-6-3-9(4-7-14)10-2-5-13-11(12)8-10/h2,5,8-9H,3-4,6-7H2,1H3. The van der Waals surface area contributed by atoms with E-state index in [4.69, 9.17) is 16.4 Å². The highest BCUT2D eigenvalue weighted by Crippen LogP contribution is 2.28. The van der Waals surface area contributed by atoms with Gasteiger partial charge in [0.15, 0.2) is 0 Å². The average molecular weight is 227 g/mol. The summed E-state index contributed by atoms with van der Waals surface area (Å²) in [5.41, 5.74) is 1.30. The van der Waals surface area contributed by atoms with Crippen LogP contribution in [0.5, 0.6) is 0 Å². The fraction of sp³-hybridized carbons (Fsp3) is 0.545. The molecular formula is C11H15ClN2O. The highest BCUT2D eigenvalue weighted by molar-refractivity contribution is 6.29. The molecule has 1 aliphatic rings. The summed E-state index contributed by atoms with van der Waals surface area (Å²) >= 11 is 5.87. The SMILES string of the molecule is CON1CCC(c2ccnc(Cl)c2)CC1. The fourth-order valence-corrected chi connectivity index (χ4v) is 2.23. The largest absolute Gasteiger partial charge is 0.302 e. The summed E-state index contributed by atoms with van der Waals surface area (Å²) in [7, 11) is 1.73. The van der Waals surface area contributed by atoms with Crippen LogP contribution in [-0.2, 0) is 4.84 Å². The van der Waals surface area contributed by atoms with Gasteiger partial charge in [0.25, 0.3) is 0 Å². The smallest absolute Gasteiger partial charge is 0.129 e. The predicted octanol–water partition coefficient (Wildman–Crippen LogP) is 2.48. The highest BCUT2D eigenvalue weighted by Gasteiger charge is 2.20. The molecule has 0 spiro atoms. The maximum absolute atomic E-state index is 5.87. The molecule has 1 aromatic heterocycles. The first-order chi connectivity index (χ1) is 7.29. The molecule has 2 rings (SSSR count). The van der Waals surface area contributed by atoms with E-state index in [1.54, 1.807) is 13.3 Å². The summed E-state index contributed by atoms with van der Waals surface area (Å²) in [5.74, 6) is 0.594. The molecule has 1 fully saturated rings. The Morgan fingerprint density at radius 1 is 1.47 bits per heavy atom. The lowest BCUT2D eigenvalue weighted by Gasteiger charge is -2.30. The molecule has 4 heteroatoms. The van der Waals surface area contributed by atoms with Gasteiger partial charge in [0.1, 0.15) is 5.15 Å². The Bertz CT molecular complexity index is 324. The fourth-order valence-electron chi connectivity index (χ4n) is 2.04. The van der Waals surface area contributed by atoms with Crippen molar-refractivity contribution in [1.29, 1.82) is 0 Å². The molecule has 3 nitrogen and oxygen atoms in total. The maximum atomic E-state index is 5.87. The molecule has 0 unspecified atom stereocenters. The van der Waals surface area contributed by atoms with E-state index in [9.17, 15) is 0 Å². The minimum atomic E-state index is 0.585. The molecule has 0 aromatic carbocycles. The Balaban J connectivity index is 2.01. The Morgan fingerprint density at radius 2 is 2.20 bits per heavy atom. The molecule has 0 N–H and O–H groups in total. The van der Waals surface area contributed by atoms with Crippen LogP contribution in [0.4, 0.5) is 0 Å². The van der Waals surface area contributed by atoms with E-state index in [0.29, 0.717) is 11.1 Å². The molecule has 1 saturated heterocycles. The lowest BCUT2D eigenvalue weighted by molar-refractivity contribution is -0.143. The number of pyridine rings is 1. The van der Waals surface area contributed by atoms with Gasteiger partial charge in [0.2, 0.25) is 0 Å². The molecule has 0 atom stereocenters. The molecule has 2 heterocycles. The van der Waals surface area contributed by atoms with Gasteiger partial charge in [-0.3, -0.25) is 0 Å². The Hall–Kier alpha value is -0.640. The van der Waals surface area contributed by atoms with E-state index in [1.807, 2.05) is 11.1 Å². The maximum Gasteiger partial charge on any atom is 0.129 e. The second-order valence-corrected chi connectivity index (χ2v) is 4.19. The number of hydrogen-bond acceptors (Lipinski definition) is 3. The van der Waals surface area contributed by atoms with E-state index in [0.717, 1.165) is 25.9 Å². The van der Waals surface area contributed by atoms with E-state index in [-0.39, 0.29) is 0 Å². The van der Waals surface area contributed by atoms with Crippen molar-refractivity contribution in [3.8, 4) is 0 Å². The van der Waals surface area contributed by atoms with Crippen LogP contribution in [0.15, 0.2) is 18.3 Å². The summed E-state index contributed by atoms with van der Waals surface area (Å²) in [6.45, 7) is 1.97. The normalized spacial score (nSPS) is 19.3. The Labute approximate surface area is 95.0 Å². The van der Waals surface area contributed by atoms with Gasteiger partial charge in [-0.05, 0) is 36.5 Å². The van der Waals surface area contributed by atoms with Crippen LogP contribution in [-0.4, -0.2) is 30.2 Å². The number of rotatable bonds is 2. The van der Waals surface area contributed by atoms with Gasteiger partial charge in [0, 0.05) is 19.3 Å². The molecule has 82 valence electrons. The summed E-state index contributed by atoms with van der Waals surface area (Å²) in [6.07, 6.45) is 4.02. The molecule has 1 aliphatic heterocycles. The third kappa shape index (κ3) is 2.68. The second kappa shape index (κ2) is 4.92. The average Bonchev–Trinajstić information content (AvgIpc) is 2.29. The first kappa shape index (κ1) is 10.9. The zero-order chi connectivity index (χ0) is 10.7. The van der Waals surface area contributed by atoms with E-state index >= 15 is 0 Å². The summed E-state index contributed by atoms with van der Waals surface area (Å²) in [6, 6.07) is 4.02. The lowest BCUT2D eigenvalue weighted by atomic mass is 9.91. The molecule has 15 heavy (non-hydrogen) atoms. The number of piperidine rings is 1. The number of nitrogens with zero attached hydrogens (tertiary/aromatic N) is 2. The topological polar surface area (TPSA) is 25.4 Å². The third-order valence-corrected chi connectivity index (χ3v) is 3.14. The van der Waals surface area contributed by atoms with Crippen LogP contribution in [0.1, 0.15) is 24.3 Å². The zero-order valence-corrected chi connectivity index (χ0v) is 9.57. The number of aromatic nitrogens is 1. The summed E-state index contributed by atoms with van der Waals surface area (Å²) < 4.78 is 0. The molecule has 0 bridgehead atoms. The van der Waals surface area contributed by atoms with E-state index < -0.39 is 0 Å². The molecule has 0 amide bonds. The van der Waals surface area contributed by atoms with Gasteiger partial charge in [-0.25, -0.2) is 4.98 Å². The van der Waals surface area contributed by atoms with Gasteiger partial charge in [-0.1, -0.05) is 11.6 Å². The van der Waals surface area contributed by atoms with Crippen molar-refractivity contribution in [1.82, 2.24) is 10.0 Å². The summed E-state index contributed by atoms with van der Waals surface area (Å²) in [4.78, 5) is 9.19. The predicted molar refractivity (Wildman–Crippen MR) is 59.8 cm³/mol. The minimum absolute atomic E-state index is 0.585. The van der Waals surface area contributed by atoms with Crippen molar-refractivity contribution in [2.45, 2.75) is 18.8 Å². The molecule has 0 saturated carbocycles. The molecule has 1 aromatic rings. The van der Waals surface area contributed by atoms with Crippen molar-refractivity contribution in [3.05, 3.63) is 29.0 Å². The first-order valence-corrected chi connectivity index (χ1v) is 5.58. The Morgan fingerprint density at radius 3 is 2.80 bits per heavy atom. The van der Waals surface area contributed by atoms with Crippen LogP contribution >= 0.6 is 11.6 Å². The number of hydrogen-bond donors (Lipinski definition) is 0. The van der Waals surface area contributed by atoms with E-state index in [2.05, 4.69) is 11.1 Å². The van der Waals surface area contributed by atoms with Gasteiger partial charge in [-0.15, -0.1) is 0 Å². The monoisotopic (exact) mass is 226 g/mol. The lowest BCUT2D eigenvalue weighted by Crippen LogP contribution is -2.31. The van der Waals surface area contributed by atoms with Crippen molar-refractivity contribution in [3.63, 3.8) is 0 Å². The van der Waals surface area contributed by atoms with Crippen molar-refractivity contribution >= 4 is 11.6 Å². The van der Waals surface area contributed by atoms with Gasteiger partial charge >= 0.3 is 0 Å². The molecular weight excluding hydrogens is 212 g/mol. The van der Waals surface area contributed by atoms with E-state index in [1.165, 1.54) is 5.56 Å². The van der Waals surface area contributed by atoms with Gasteiger partial charge in [-0.2, -0.15) is 5.06 Å². The highest BCUT2D eigenvalue weighted by atomic mass is 35.5. The minimum Gasteiger partial charge on any atom is -0.302 e. The zero-order valence-electron chi connectivity index (χ0n) is 8.82. The van der Waals surface area contributed by atoms with Crippen molar-refractivity contribution < 1.29 is 4.84 Å². The van der Waals surface area contributed by atoms with Crippen molar-refractivity contribution in [2.75, 3.05) is 20.2 Å². The quantitative estimate of drug-likeness (QED) is 0.725. The first-order valence-electron chi connectivity index (χ1n) is 5.20. The number of halogens is 1. The van der Waals surface area contributed by atoms with Crippen LogP contribution in [0.3, 0.4) is 0 Å². The van der Waals surface area contributed by atoms with Crippen LogP contribution in [0, 0.1) is 0 Å². The second-order valence-electron chi connectivity index (χ2n) is 3.80. The Kier molecular flexibility index (Phi) is 3.57. The third-order valence-electron chi connectivity index (χ3n) is 2.93. The molecule has 0 radical (unpaired) electrons. The van der Waals surface area contributed by atoms with Crippen LogP contribution < -0.4 is 0 Å². The van der Waals surface area contributed by atoms with Crippen LogP contribution in [0.25, 0.3) is 0 Å². The van der Waals surface area contributed by atoms with Crippen molar-refractivity contribution in [2.24, 2.45) is 0 Å². The van der Waals surface area contributed by atoms with Crippen LogP contribution in [0.2, 0.25) is 5.15 Å². The van der Waals surface area contributed by atoms with Gasteiger partial charge in [0.05, 0.1) is 7.11 Å². The summed E-state index contributed by atoms with van der Waals surface area (Å²) in [5, 5.41) is 2.58. The van der Waals surface area contributed by atoms with Gasteiger partial charge < -0.3 is 4.84 Å². The molecule has 0 aliphatic carbocycles. The number of hydroxylamine groups is 2.